The predicted molar refractivity (Wildman–Crippen MR) is 126 cm³/mol. The van der Waals surface area contributed by atoms with Crippen molar-refractivity contribution < 1.29 is 30.0 Å². The Hall–Kier alpha value is -4.60. The van der Waals surface area contributed by atoms with E-state index in [1.165, 1.54) is 0 Å². The Morgan fingerprint density at radius 3 is 1.30 bits per heavy atom. The number of benzene rings is 3. The second-order valence-corrected chi connectivity index (χ2v) is 7.71. The minimum absolute atomic E-state index is 0.0364. The van der Waals surface area contributed by atoms with Gasteiger partial charge in [0.1, 0.15) is 11.5 Å². The molecule has 0 aliphatic rings. The van der Waals surface area contributed by atoms with Crippen molar-refractivity contribution in [3.8, 4) is 11.5 Å². The summed E-state index contributed by atoms with van der Waals surface area (Å²) in [5.74, 6) is -2.42. The molecular weight excluding hydrogens is 428 g/mol. The molecule has 3 aromatic carbocycles. The summed E-state index contributed by atoms with van der Waals surface area (Å²) in [5.41, 5.74) is 22.6. The Kier molecular flexibility index (Phi) is 6.93. The second kappa shape index (κ2) is 9.27. The van der Waals surface area contributed by atoms with Crippen molar-refractivity contribution in [2.24, 2.45) is 0 Å². The van der Waals surface area contributed by atoms with Gasteiger partial charge in [0.25, 0.3) is 0 Å². The Morgan fingerprint density at radius 1 is 0.667 bits per heavy atom. The number of aromatic carboxylic acids is 2. The van der Waals surface area contributed by atoms with Gasteiger partial charge < -0.3 is 43.4 Å². The van der Waals surface area contributed by atoms with Crippen molar-refractivity contribution in [3.05, 3.63) is 70.8 Å². The second-order valence-electron chi connectivity index (χ2n) is 7.71. The van der Waals surface area contributed by atoms with Crippen LogP contribution in [0.3, 0.4) is 0 Å². The number of phenols is 2. The molecule has 0 aromatic heterocycles. The van der Waals surface area contributed by atoms with Crippen LogP contribution >= 0.6 is 0 Å². The number of nitrogens with two attached hydrogens (primary N) is 4. The van der Waals surface area contributed by atoms with Crippen molar-refractivity contribution in [3.63, 3.8) is 0 Å². The highest BCUT2D eigenvalue weighted by atomic mass is 16.4. The lowest BCUT2D eigenvalue weighted by Crippen LogP contribution is -2.20. The van der Waals surface area contributed by atoms with E-state index >= 15 is 0 Å². The van der Waals surface area contributed by atoms with Crippen LogP contribution in [0.2, 0.25) is 0 Å². The quantitative estimate of drug-likeness (QED) is 0.213. The number of hydrogen-bond donors (Lipinski definition) is 8. The van der Waals surface area contributed by atoms with Crippen LogP contribution in [0.4, 0.5) is 22.7 Å². The van der Waals surface area contributed by atoms with Gasteiger partial charge in [-0.3, -0.25) is 0 Å². The summed E-state index contributed by atoms with van der Waals surface area (Å²) in [5, 5.41) is 37.5. The molecule has 3 aromatic rings. The molecule has 0 bridgehead atoms. The van der Waals surface area contributed by atoms with Gasteiger partial charge in [-0.05, 0) is 24.3 Å². The summed E-state index contributed by atoms with van der Waals surface area (Å²) in [7, 11) is 0. The lowest BCUT2D eigenvalue weighted by molar-refractivity contribution is 0.0683. The van der Waals surface area contributed by atoms with Crippen LogP contribution in [0.25, 0.3) is 0 Å². The average molecular weight is 454 g/mol. The molecule has 33 heavy (non-hydrogen) atoms. The van der Waals surface area contributed by atoms with E-state index in [9.17, 15) is 19.8 Å². The van der Waals surface area contributed by atoms with E-state index in [0.29, 0.717) is 22.5 Å². The van der Waals surface area contributed by atoms with E-state index in [1.54, 1.807) is 36.4 Å². The largest absolute Gasteiger partial charge is 0.505 e. The molecule has 0 fully saturated rings. The molecule has 0 unspecified atom stereocenters. The Morgan fingerprint density at radius 2 is 1.00 bits per heavy atom. The third kappa shape index (κ3) is 4.85. The van der Waals surface area contributed by atoms with Crippen LogP contribution < -0.4 is 22.9 Å². The highest BCUT2D eigenvalue weighted by Crippen LogP contribution is 2.43. The number of anilines is 4. The number of carboxylic acid groups (broad SMARTS) is 2. The molecule has 0 radical (unpaired) electrons. The van der Waals surface area contributed by atoms with Crippen LogP contribution in [0.15, 0.2) is 48.5 Å². The minimum Gasteiger partial charge on any atom is -0.505 e. The molecule has 0 saturated heterocycles. The zero-order valence-corrected chi connectivity index (χ0v) is 18.0. The van der Waals surface area contributed by atoms with E-state index in [4.69, 9.17) is 33.1 Å². The Balaban J connectivity index is 0.000000245. The van der Waals surface area contributed by atoms with Crippen LogP contribution in [0.5, 0.6) is 11.5 Å². The molecule has 12 N–H and O–H groups in total. The smallest absolute Gasteiger partial charge is 0.337 e. The van der Waals surface area contributed by atoms with Crippen molar-refractivity contribution in [2.45, 2.75) is 19.3 Å². The summed E-state index contributed by atoms with van der Waals surface area (Å²) < 4.78 is 0. The van der Waals surface area contributed by atoms with Gasteiger partial charge in [0.2, 0.25) is 0 Å². The van der Waals surface area contributed by atoms with Crippen molar-refractivity contribution >= 4 is 34.7 Å². The molecular formula is C23H26N4O6. The van der Waals surface area contributed by atoms with Crippen LogP contribution in [0.1, 0.15) is 45.7 Å². The molecule has 10 heteroatoms. The maximum Gasteiger partial charge on any atom is 0.337 e. The third-order valence-electron chi connectivity index (χ3n) is 5.23. The summed E-state index contributed by atoms with van der Waals surface area (Å²) in [6.07, 6.45) is 0. The number of aromatic hydroxyl groups is 2. The van der Waals surface area contributed by atoms with Crippen LogP contribution in [0, 0.1) is 0 Å². The topological polar surface area (TPSA) is 219 Å². The first-order chi connectivity index (χ1) is 15.3. The third-order valence-corrected chi connectivity index (χ3v) is 5.23. The first-order valence-corrected chi connectivity index (χ1v) is 9.61. The fourth-order valence-corrected chi connectivity index (χ4v) is 3.29. The summed E-state index contributed by atoms with van der Waals surface area (Å²) in [4.78, 5) is 21.1. The van der Waals surface area contributed by atoms with Gasteiger partial charge in [0, 0.05) is 16.5 Å². The normalized spacial score (nSPS) is 10.7. The van der Waals surface area contributed by atoms with Gasteiger partial charge in [-0.1, -0.05) is 38.1 Å². The van der Waals surface area contributed by atoms with Crippen molar-refractivity contribution in [1.29, 1.82) is 0 Å². The first kappa shape index (κ1) is 24.7. The monoisotopic (exact) mass is 454 g/mol. The molecule has 0 aliphatic heterocycles. The molecule has 0 heterocycles. The zero-order valence-electron chi connectivity index (χ0n) is 18.0. The molecule has 0 aliphatic carbocycles. The number of carboxylic acids is 2. The van der Waals surface area contributed by atoms with Gasteiger partial charge in [-0.15, -0.1) is 0 Å². The van der Waals surface area contributed by atoms with Gasteiger partial charge in [-0.25, -0.2) is 9.59 Å². The standard InChI is InChI=1S/C15H18N2O2.C8H8N2O4/c1-15(2,9-5-3-7-11(16)13(9)18)10-6-4-8-12(17)14(10)19;9-5-3(7(11)12)1-2-4(6(5)10)8(13)14/h3-8,18-19H,16-17H2,1-2H3;1-2H,9-10H2,(H,11,12)(H,13,14). The fraction of sp³-hybridized carbons (Fsp3) is 0.130. The number of phenolic OH excluding ortho intramolecular Hbond substituents is 2. The lowest BCUT2D eigenvalue weighted by atomic mass is 9.77. The number of nitrogen functional groups attached to an aromatic ring is 4. The minimum atomic E-state index is -1.24. The van der Waals surface area contributed by atoms with E-state index in [-0.39, 0.29) is 34.0 Å². The summed E-state index contributed by atoms with van der Waals surface area (Å²) in [6.45, 7) is 3.80. The fourth-order valence-electron chi connectivity index (χ4n) is 3.29. The highest BCUT2D eigenvalue weighted by molar-refractivity contribution is 6.03. The van der Waals surface area contributed by atoms with Crippen LogP contribution in [-0.2, 0) is 5.41 Å². The zero-order chi connectivity index (χ0) is 25.1. The first-order valence-electron chi connectivity index (χ1n) is 9.61. The van der Waals surface area contributed by atoms with Crippen molar-refractivity contribution in [2.75, 3.05) is 22.9 Å². The molecule has 0 atom stereocenters. The number of para-hydroxylation sites is 2. The lowest BCUT2D eigenvalue weighted by Gasteiger charge is -2.28. The predicted octanol–water partition coefficient (Wildman–Crippen LogP) is 2.84. The number of rotatable bonds is 4. The van der Waals surface area contributed by atoms with E-state index < -0.39 is 17.4 Å². The van der Waals surface area contributed by atoms with Gasteiger partial charge in [0.15, 0.2) is 0 Å². The highest BCUT2D eigenvalue weighted by Gasteiger charge is 2.30. The molecule has 0 saturated carbocycles. The number of hydrogen-bond acceptors (Lipinski definition) is 8. The SMILES string of the molecule is CC(C)(c1cccc(N)c1O)c1cccc(N)c1O.Nc1c(C(=O)O)ccc(C(=O)O)c1N. The Bertz CT molecular complexity index is 1130. The summed E-state index contributed by atoms with van der Waals surface area (Å²) in [6, 6.07) is 12.6. The molecule has 0 spiro atoms. The van der Waals surface area contributed by atoms with Crippen molar-refractivity contribution in [1.82, 2.24) is 0 Å². The van der Waals surface area contributed by atoms with Crippen LogP contribution in [-0.4, -0.2) is 32.4 Å². The molecule has 0 amide bonds. The Labute approximate surface area is 189 Å². The van der Waals surface area contributed by atoms with E-state index in [1.807, 2.05) is 13.8 Å². The van der Waals surface area contributed by atoms with E-state index in [0.717, 1.165) is 12.1 Å². The maximum atomic E-state index is 10.6. The maximum absolute atomic E-state index is 10.6. The average Bonchev–Trinajstić information content (AvgIpc) is 2.73. The van der Waals surface area contributed by atoms with E-state index in [2.05, 4.69) is 0 Å². The molecule has 3 rings (SSSR count). The van der Waals surface area contributed by atoms with Gasteiger partial charge >= 0.3 is 11.9 Å². The van der Waals surface area contributed by atoms with Gasteiger partial charge in [0.05, 0.1) is 33.9 Å². The summed E-state index contributed by atoms with van der Waals surface area (Å²) >= 11 is 0. The van der Waals surface area contributed by atoms with Gasteiger partial charge in [-0.2, -0.15) is 0 Å². The number of carbonyl (C=O) groups is 2. The molecule has 174 valence electrons. The molecule has 10 nitrogen and oxygen atoms in total.